The van der Waals surface area contributed by atoms with Crippen LogP contribution in [-0.4, -0.2) is 30.2 Å². The lowest BCUT2D eigenvalue weighted by Gasteiger charge is -2.15. The highest BCUT2D eigenvalue weighted by Crippen LogP contribution is 2.21. The number of carboxylic acid groups (broad SMARTS) is 1. The van der Waals surface area contributed by atoms with Crippen LogP contribution in [0.3, 0.4) is 0 Å². The van der Waals surface area contributed by atoms with Crippen LogP contribution in [0.4, 0.5) is 4.79 Å². The molecule has 5 nitrogen and oxygen atoms in total. The van der Waals surface area contributed by atoms with Crippen LogP contribution >= 0.6 is 0 Å². The van der Waals surface area contributed by atoms with Gasteiger partial charge in [-0.2, -0.15) is 0 Å². The Hall–Kier alpha value is -1.26. The average Bonchev–Trinajstić information content (AvgIpc) is 2.54. The molecule has 0 bridgehead atoms. The van der Waals surface area contributed by atoms with Crippen molar-refractivity contribution in [2.75, 3.05) is 13.1 Å². The minimum Gasteiger partial charge on any atom is -0.481 e. The van der Waals surface area contributed by atoms with E-state index in [1.807, 2.05) is 0 Å². The molecule has 0 saturated heterocycles. The number of carbonyl (C=O) groups is 2. The molecule has 1 aliphatic rings. The van der Waals surface area contributed by atoms with Crippen molar-refractivity contribution in [3.8, 4) is 0 Å². The van der Waals surface area contributed by atoms with Crippen LogP contribution in [-0.2, 0) is 4.79 Å². The summed E-state index contributed by atoms with van der Waals surface area (Å²) in [6.45, 7) is 0.894. The Labute approximate surface area is 102 Å². The Bertz CT molecular complexity index is 248. The summed E-state index contributed by atoms with van der Waals surface area (Å²) in [6, 6.07) is -0.254. The second kappa shape index (κ2) is 7.92. The molecular formula is C12H22N2O3. The molecule has 0 aromatic carbocycles. The Morgan fingerprint density at radius 1 is 1.06 bits per heavy atom. The summed E-state index contributed by atoms with van der Waals surface area (Å²) in [5, 5.41) is 13.8. The SMILES string of the molecule is O=C(O)CCNC(=O)NCC1CCCCCC1. The maximum atomic E-state index is 11.3. The number of carbonyl (C=O) groups excluding carboxylic acids is 1. The number of hydrogen-bond acceptors (Lipinski definition) is 2. The first-order chi connectivity index (χ1) is 8.18. The van der Waals surface area contributed by atoms with Gasteiger partial charge in [0, 0.05) is 13.1 Å². The second-order valence-electron chi connectivity index (χ2n) is 4.64. The molecule has 5 heteroatoms. The van der Waals surface area contributed by atoms with Crippen molar-refractivity contribution in [3.05, 3.63) is 0 Å². The first-order valence-electron chi connectivity index (χ1n) is 6.42. The van der Waals surface area contributed by atoms with Gasteiger partial charge in [-0.25, -0.2) is 4.79 Å². The number of nitrogens with one attached hydrogen (secondary N) is 2. The van der Waals surface area contributed by atoms with Gasteiger partial charge in [-0.1, -0.05) is 25.7 Å². The zero-order valence-corrected chi connectivity index (χ0v) is 10.2. The molecule has 0 radical (unpaired) electrons. The van der Waals surface area contributed by atoms with E-state index in [0.717, 1.165) is 0 Å². The van der Waals surface area contributed by atoms with Gasteiger partial charge in [0.1, 0.15) is 0 Å². The monoisotopic (exact) mass is 242 g/mol. The lowest BCUT2D eigenvalue weighted by Crippen LogP contribution is -2.39. The first-order valence-corrected chi connectivity index (χ1v) is 6.42. The van der Waals surface area contributed by atoms with Gasteiger partial charge in [-0.15, -0.1) is 0 Å². The molecule has 2 amide bonds. The molecule has 1 rings (SSSR count). The van der Waals surface area contributed by atoms with E-state index >= 15 is 0 Å². The van der Waals surface area contributed by atoms with Crippen molar-refractivity contribution in [1.29, 1.82) is 0 Å². The molecule has 0 aliphatic heterocycles. The molecule has 0 aromatic heterocycles. The zero-order valence-electron chi connectivity index (χ0n) is 10.2. The Morgan fingerprint density at radius 2 is 1.71 bits per heavy atom. The highest BCUT2D eigenvalue weighted by atomic mass is 16.4. The van der Waals surface area contributed by atoms with Crippen LogP contribution in [0.2, 0.25) is 0 Å². The van der Waals surface area contributed by atoms with Crippen LogP contribution < -0.4 is 10.6 Å². The van der Waals surface area contributed by atoms with Gasteiger partial charge in [0.05, 0.1) is 6.42 Å². The van der Waals surface area contributed by atoms with Gasteiger partial charge in [0.25, 0.3) is 0 Å². The summed E-state index contributed by atoms with van der Waals surface area (Å²) in [7, 11) is 0. The van der Waals surface area contributed by atoms with Gasteiger partial charge in [-0.3, -0.25) is 4.79 Å². The minimum absolute atomic E-state index is 0.0309. The number of amides is 2. The van der Waals surface area contributed by atoms with Crippen LogP contribution in [0, 0.1) is 5.92 Å². The maximum absolute atomic E-state index is 11.3. The van der Waals surface area contributed by atoms with Crippen molar-refractivity contribution < 1.29 is 14.7 Å². The maximum Gasteiger partial charge on any atom is 0.314 e. The van der Waals surface area contributed by atoms with E-state index in [0.29, 0.717) is 12.5 Å². The zero-order chi connectivity index (χ0) is 12.5. The van der Waals surface area contributed by atoms with E-state index in [1.54, 1.807) is 0 Å². The van der Waals surface area contributed by atoms with E-state index in [-0.39, 0.29) is 19.0 Å². The average molecular weight is 242 g/mol. The molecule has 0 atom stereocenters. The minimum atomic E-state index is -0.894. The number of urea groups is 1. The molecule has 0 spiro atoms. The standard InChI is InChI=1S/C12H22N2O3/c15-11(16)7-8-13-12(17)14-9-10-5-3-1-2-4-6-10/h10H,1-9H2,(H,15,16)(H2,13,14,17). The van der Waals surface area contributed by atoms with E-state index in [4.69, 9.17) is 5.11 Å². The molecule has 1 aliphatic carbocycles. The molecule has 1 fully saturated rings. The van der Waals surface area contributed by atoms with Gasteiger partial charge >= 0.3 is 12.0 Å². The molecule has 17 heavy (non-hydrogen) atoms. The van der Waals surface area contributed by atoms with E-state index in [9.17, 15) is 9.59 Å². The van der Waals surface area contributed by atoms with E-state index < -0.39 is 5.97 Å². The Balaban J connectivity index is 2.07. The highest BCUT2D eigenvalue weighted by Gasteiger charge is 2.13. The van der Waals surface area contributed by atoms with Crippen LogP contribution in [0.25, 0.3) is 0 Å². The van der Waals surface area contributed by atoms with Crippen LogP contribution in [0.15, 0.2) is 0 Å². The largest absolute Gasteiger partial charge is 0.481 e. The quantitative estimate of drug-likeness (QED) is 0.642. The molecule has 0 aromatic rings. The lowest BCUT2D eigenvalue weighted by atomic mass is 10.0. The summed E-state index contributed by atoms with van der Waals surface area (Å²) in [5.41, 5.74) is 0. The third kappa shape index (κ3) is 6.81. The topological polar surface area (TPSA) is 78.4 Å². The summed E-state index contributed by atoms with van der Waals surface area (Å²) >= 11 is 0. The number of rotatable bonds is 5. The van der Waals surface area contributed by atoms with Crippen molar-refractivity contribution in [2.24, 2.45) is 5.92 Å². The van der Waals surface area contributed by atoms with Crippen molar-refractivity contribution in [1.82, 2.24) is 10.6 Å². The summed E-state index contributed by atoms with van der Waals surface area (Å²) < 4.78 is 0. The lowest BCUT2D eigenvalue weighted by molar-refractivity contribution is -0.136. The van der Waals surface area contributed by atoms with Crippen molar-refractivity contribution >= 4 is 12.0 Å². The van der Waals surface area contributed by atoms with Gasteiger partial charge < -0.3 is 15.7 Å². The fraction of sp³-hybridized carbons (Fsp3) is 0.833. The highest BCUT2D eigenvalue weighted by molar-refractivity contribution is 5.74. The van der Waals surface area contributed by atoms with E-state index in [2.05, 4.69) is 10.6 Å². The number of hydrogen-bond donors (Lipinski definition) is 3. The number of aliphatic carboxylic acids is 1. The molecule has 3 N–H and O–H groups in total. The van der Waals surface area contributed by atoms with Gasteiger partial charge in [-0.05, 0) is 18.8 Å². The fourth-order valence-electron chi connectivity index (χ4n) is 2.15. The molecule has 1 saturated carbocycles. The van der Waals surface area contributed by atoms with Crippen LogP contribution in [0.5, 0.6) is 0 Å². The van der Waals surface area contributed by atoms with E-state index in [1.165, 1.54) is 38.5 Å². The Morgan fingerprint density at radius 3 is 2.29 bits per heavy atom. The molecule has 98 valence electrons. The normalized spacial score (nSPS) is 17.2. The molecule has 0 heterocycles. The molecule has 0 unspecified atom stereocenters. The predicted octanol–water partition coefficient (Wildman–Crippen LogP) is 1.73. The van der Waals surface area contributed by atoms with Crippen molar-refractivity contribution in [2.45, 2.75) is 44.9 Å². The Kier molecular flexibility index (Phi) is 6.43. The van der Waals surface area contributed by atoms with Crippen molar-refractivity contribution in [3.63, 3.8) is 0 Å². The van der Waals surface area contributed by atoms with Crippen LogP contribution in [0.1, 0.15) is 44.9 Å². The number of carboxylic acids is 1. The smallest absolute Gasteiger partial charge is 0.314 e. The summed E-state index contributed by atoms with van der Waals surface area (Å²) in [6.07, 6.45) is 7.48. The van der Waals surface area contributed by atoms with Gasteiger partial charge in [0.2, 0.25) is 0 Å². The summed E-state index contributed by atoms with van der Waals surface area (Å²) in [4.78, 5) is 21.6. The second-order valence-corrected chi connectivity index (χ2v) is 4.64. The summed E-state index contributed by atoms with van der Waals surface area (Å²) in [5.74, 6) is -0.309. The third-order valence-electron chi connectivity index (χ3n) is 3.15. The third-order valence-corrected chi connectivity index (χ3v) is 3.15. The fourth-order valence-corrected chi connectivity index (χ4v) is 2.15. The first kappa shape index (κ1) is 13.8. The predicted molar refractivity (Wildman–Crippen MR) is 64.8 cm³/mol. The molecular weight excluding hydrogens is 220 g/mol. The van der Waals surface area contributed by atoms with Gasteiger partial charge in [0.15, 0.2) is 0 Å².